The van der Waals surface area contributed by atoms with E-state index in [1.807, 2.05) is 40.7 Å². The summed E-state index contributed by atoms with van der Waals surface area (Å²) in [6.45, 7) is 15.8. The van der Waals surface area contributed by atoms with Gasteiger partial charge in [0, 0.05) is 46.5 Å². The van der Waals surface area contributed by atoms with E-state index in [-0.39, 0.29) is 6.09 Å². The number of aliphatic imine (C=N–C) groups is 1. The van der Waals surface area contributed by atoms with Crippen LogP contribution in [0.4, 0.5) is 4.79 Å². The van der Waals surface area contributed by atoms with Gasteiger partial charge in [-0.25, -0.2) is 4.79 Å². The average Bonchev–Trinajstić information content (AvgIpc) is 2.96. The number of rotatable bonds is 2. The van der Waals surface area contributed by atoms with Gasteiger partial charge in [0.2, 0.25) is 0 Å². The number of hydrogen-bond acceptors (Lipinski definition) is 5. The predicted octanol–water partition coefficient (Wildman–Crippen LogP) is 8.92. The van der Waals surface area contributed by atoms with E-state index in [9.17, 15) is 4.79 Å². The molecule has 0 N–H and O–H groups in total. The zero-order valence-corrected chi connectivity index (χ0v) is 26.6. The van der Waals surface area contributed by atoms with Crippen molar-refractivity contribution >= 4 is 39.3 Å². The van der Waals surface area contributed by atoms with Gasteiger partial charge in [0.15, 0.2) is 0 Å². The Bertz CT molecular complexity index is 1700. The van der Waals surface area contributed by atoms with E-state index in [4.69, 9.17) is 9.73 Å². The Morgan fingerprint density at radius 3 is 2.00 bits per heavy atom. The molecule has 0 spiro atoms. The van der Waals surface area contributed by atoms with E-state index in [2.05, 4.69) is 84.5 Å². The van der Waals surface area contributed by atoms with Crippen LogP contribution in [0.1, 0.15) is 76.4 Å². The average molecular weight is 577 g/mol. The molecule has 2 aliphatic heterocycles. The quantitative estimate of drug-likeness (QED) is 0.239. The lowest BCUT2D eigenvalue weighted by Gasteiger charge is -2.34. The molecule has 4 aromatic rings. The van der Waals surface area contributed by atoms with Crippen molar-refractivity contribution in [3.63, 3.8) is 0 Å². The summed E-state index contributed by atoms with van der Waals surface area (Å²) in [7, 11) is 0. The van der Waals surface area contributed by atoms with Crippen molar-refractivity contribution in [2.24, 2.45) is 16.8 Å². The van der Waals surface area contributed by atoms with Gasteiger partial charge in [-0.3, -0.25) is 19.9 Å². The van der Waals surface area contributed by atoms with E-state index in [1.54, 1.807) is 4.90 Å². The minimum atomic E-state index is -0.509. The molecule has 4 heterocycles. The maximum Gasteiger partial charge on any atom is 0.414 e. The highest BCUT2D eigenvalue weighted by Gasteiger charge is 2.29. The smallest absolute Gasteiger partial charge is 0.414 e. The minimum absolute atomic E-state index is 0.289. The highest BCUT2D eigenvalue weighted by Crippen LogP contribution is 2.31. The van der Waals surface area contributed by atoms with Gasteiger partial charge in [-0.15, -0.1) is 0 Å². The van der Waals surface area contributed by atoms with E-state index in [0.29, 0.717) is 12.5 Å². The number of hydrogen-bond donors (Lipinski definition) is 0. The lowest BCUT2D eigenvalue weighted by atomic mass is 9.95. The molecule has 2 aromatic heterocycles. The number of aromatic nitrogens is 2. The first-order chi connectivity index (χ1) is 20.4. The van der Waals surface area contributed by atoms with E-state index in [1.165, 1.54) is 23.1 Å². The van der Waals surface area contributed by atoms with Crippen LogP contribution >= 0.6 is 0 Å². The molecular weight excluding hydrogens is 532 g/mol. The molecule has 6 rings (SSSR count). The van der Waals surface area contributed by atoms with Crippen molar-refractivity contribution in [2.45, 2.75) is 73.3 Å². The summed E-state index contributed by atoms with van der Waals surface area (Å²) in [6.07, 6.45) is 5.14. The number of allylic oxidation sites excluding steroid dienone is 1. The Labute approximate surface area is 255 Å². The SMILES string of the molecule is Cc1ccc2ccc(C3=CC[C@H](C)CN3C(=O)OC(C)(C)C)cc2n1.Cc1ccc2ccc(C3=NC[C@@H](C)CC3)cc2n1. The fraction of sp³-hybridized carbons (Fsp3) is 0.405. The van der Waals surface area contributed by atoms with Gasteiger partial charge in [0.25, 0.3) is 0 Å². The molecule has 0 aliphatic carbocycles. The third-order valence-electron chi connectivity index (χ3n) is 7.87. The van der Waals surface area contributed by atoms with Crippen molar-refractivity contribution < 1.29 is 9.53 Å². The number of carbonyl (C=O) groups excluding carboxylic acids is 1. The van der Waals surface area contributed by atoms with Gasteiger partial charge in [0.05, 0.1) is 16.7 Å². The second kappa shape index (κ2) is 12.7. The van der Waals surface area contributed by atoms with Crippen LogP contribution in [0.5, 0.6) is 0 Å². The highest BCUT2D eigenvalue weighted by molar-refractivity contribution is 6.03. The van der Waals surface area contributed by atoms with Crippen molar-refractivity contribution in [1.29, 1.82) is 0 Å². The van der Waals surface area contributed by atoms with Crippen molar-refractivity contribution in [3.05, 3.63) is 89.3 Å². The van der Waals surface area contributed by atoms with Gasteiger partial charge in [0.1, 0.15) is 5.60 Å². The van der Waals surface area contributed by atoms with Crippen LogP contribution in [0.25, 0.3) is 27.5 Å². The van der Waals surface area contributed by atoms with Crippen LogP contribution in [-0.2, 0) is 4.74 Å². The molecule has 2 aliphatic rings. The van der Waals surface area contributed by atoms with Crippen molar-refractivity contribution in [1.82, 2.24) is 14.9 Å². The highest BCUT2D eigenvalue weighted by atomic mass is 16.6. The second-order valence-electron chi connectivity index (χ2n) is 13.2. The minimum Gasteiger partial charge on any atom is -0.443 e. The van der Waals surface area contributed by atoms with Crippen molar-refractivity contribution in [3.8, 4) is 0 Å². The molecule has 0 saturated carbocycles. The van der Waals surface area contributed by atoms with Gasteiger partial charge in [-0.05, 0) is 95.5 Å². The normalized spacial score (nSPS) is 18.9. The largest absolute Gasteiger partial charge is 0.443 e. The van der Waals surface area contributed by atoms with Gasteiger partial charge < -0.3 is 4.74 Å². The van der Waals surface area contributed by atoms with Gasteiger partial charge in [-0.1, -0.05) is 56.3 Å². The molecule has 224 valence electrons. The summed E-state index contributed by atoms with van der Waals surface area (Å²) in [4.78, 5) is 28.4. The number of aryl methyl sites for hydroxylation is 2. The van der Waals surface area contributed by atoms with Crippen molar-refractivity contribution in [2.75, 3.05) is 13.1 Å². The molecular formula is C37H44N4O2. The zero-order chi connectivity index (χ0) is 30.7. The summed E-state index contributed by atoms with van der Waals surface area (Å²) >= 11 is 0. The molecule has 1 amide bonds. The maximum absolute atomic E-state index is 12.7. The van der Waals surface area contributed by atoms with E-state index < -0.39 is 5.60 Å². The summed E-state index contributed by atoms with van der Waals surface area (Å²) in [5.74, 6) is 1.15. The summed E-state index contributed by atoms with van der Waals surface area (Å²) in [5.41, 5.74) is 7.98. The van der Waals surface area contributed by atoms with E-state index >= 15 is 0 Å². The van der Waals surface area contributed by atoms with Crippen LogP contribution in [0.15, 0.2) is 71.7 Å². The number of amides is 1. The summed E-state index contributed by atoms with van der Waals surface area (Å²) in [6, 6.07) is 20.9. The van der Waals surface area contributed by atoms with E-state index in [0.717, 1.165) is 64.4 Å². The molecule has 2 atom stereocenters. The molecule has 0 saturated heterocycles. The predicted molar refractivity (Wildman–Crippen MR) is 177 cm³/mol. The zero-order valence-electron chi connectivity index (χ0n) is 26.6. The molecule has 6 nitrogen and oxygen atoms in total. The Hall–Kier alpha value is -4.06. The molecule has 0 fully saturated rings. The fourth-order valence-corrected chi connectivity index (χ4v) is 5.50. The Morgan fingerprint density at radius 2 is 1.42 bits per heavy atom. The lowest BCUT2D eigenvalue weighted by Crippen LogP contribution is -2.39. The van der Waals surface area contributed by atoms with Crippen LogP contribution in [0.3, 0.4) is 0 Å². The van der Waals surface area contributed by atoms with Gasteiger partial charge in [-0.2, -0.15) is 0 Å². The molecule has 2 aromatic carbocycles. The molecule has 0 unspecified atom stereocenters. The lowest BCUT2D eigenvalue weighted by molar-refractivity contribution is 0.0327. The molecule has 6 heteroatoms. The topological polar surface area (TPSA) is 67.7 Å². The number of ether oxygens (including phenoxy) is 1. The first kappa shape index (κ1) is 30.4. The number of fused-ring (bicyclic) bond motifs is 2. The Kier molecular flexibility index (Phi) is 8.95. The van der Waals surface area contributed by atoms with Crippen LogP contribution in [0, 0.1) is 25.7 Å². The number of nitrogens with zero attached hydrogens (tertiary/aromatic N) is 4. The Morgan fingerprint density at radius 1 is 0.837 bits per heavy atom. The van der Waals surface area contributed by atoms with Crippen LogP contribution < -0.4 is 0 Å². The summed E-state index contributed by atoms with van der Waals surface area (Å²) < 4.78 is 5.61. The molecule has 0 bridgehead atoms. The standard InChI is InChI=1S/C21H26N2O2.C16H18N2/c1-14-6-11-19(23(13-14)20(24)25-21(3,4)5)17-10-9-16-8-7-15(2)22-18(16)12-17;1-11-3-8-15(17-10-11)14-7-6-13-5-4-12(2)18-16(13)9-14/h7-12,14H,6,13H2,1-5H3;4-7,9,11H,3,8,10H2,1-2H3/t14-;11-/m00/s1. The molecule has 43 heavy (non-hydrogen) atoms. The fourth-order valence-electron chi connectivity index (χ4n) is 5.50. The number of benzene rings is 2. The monoisotopic (exact) mass is 576 g/mol. The van der Waals surface area contributed by atoms with Crippen LogP contribution in [0.2, 0.25) is 0 Å². The third kappa shape index (κ3) is 7.67. The first-order valence-corrected chi connectivity index (χ1v) is 15.4. The van der Waals surface area contributed by atoms with Crippen LogP contribution in [-0.4, -0.2) is 45.4 Å². The first-order valence-electron chi connectivity index (χ1n) is 15.4. The Balaban J connectivity index is 0.000000180. The summed E-state index contributed by atoms with van der Waals surface area (Å²) in [5, 5.41) is 2.30. The van der Waals surface area contributed by atoms with Gasteiger partial charge >= 0.3 is 6.09 Å². The second-order valence-corrected chi connectivity index (χ2v) is 13.2. The molecule has 0 radical (unpaired) electrons. The maximum atomic E-state index is 12.7. The number of pyridine rings is 2. The number of carbonyl (C=O) groups is 1. The third-order valence-corrected chi connectivity index (χ3v) is 7.87.